The first kappa shape index (κ1) is 26.4. The molecule has 0 saturated heterocycles. The highest BCUT2D eigenvalue weighted by Gasteiger charge is 2.20. The van der Waals surface area contributed by atoms with E-state index in [1.54, 1.807) is 11.3 Å². The summed E-state index contributed by atoms with van der Waals surface area (Å²) in [5.41, 5.74) is 8.51. The van der Waals surface area contributed by atoms with Gasteiger partial charge in [-0.3, -0.25) is 0 Å². The highest BCUT2D eigenvalue weighted by molar-refractivity contribution is 7.21. The zero-order chi connectivity index (χ0) is 30.5. The van der Waals surface area contributed by atoms with Crippen LogP contribution in [0.3, 0.4) is 0 Å². The molecule has 6 aromatic carbocycles. The van der Waals surface area contributed by atoms with Crippen molar-refractivity contribution in [1.82, 2.24) is 19.9 Å². The largest absolute Gasteiger partial charge is 0.455 e. The Hall–Kier alpha value is -5.98. The van der Waals surface area contributed by atoms with Gasteiger partial charge in [-0.15, -0.1) is 11.3 Å². The van der Waals surface area contributed by atoms with Crippen LogP contribution in [0.4, 0.5) is 0 Å². The second-order valence-electron chi connectivity index (χ2n) is 11.1. The quantitative estimate of drug-likeness (QED) is 0.194. The molecule has 0 spiro atoms. The lowest BCUT2D eigenvalue weighted by Crippen LogP contribution is -2.00. The van der Waals surface area contributed by atoms with Gasteiger partial charge in [-0.05, 0) is 41.5 Å². The number of benzene rings is 6. The summed E-state index contributed by atoms with van der Waals surface area (Å²) in [5.74, 6) is 1.82. The maximum Gasteiger partial charge on any atom is 0.164 e. The minimum Gasteiger partial charge on any atom is -0.455 e. The lowest BCUT2D eigenvalue weighted by atomic mass is 10.0. The van der Waals surface area contributed by atoms with E-state index in [1.807, 2.05) is 66.7 Å². The third kappa shape index (κ3) is 4.55. The van der Waals surface area contributed by atoms with Crippen molar-refractivity contribution >= 4 is 43.5 Å². The molecule has 9 rings (SSSR count). The Morgan fingerprint density at radius 3 is 1.91 bits per heavy atom. The second kappa shape index (κ2) is 10.9. The second-order valence-corrected chi connectivity index (χ2v) is 12.1. The normalized spacial score (nSPS) is 11.5. The Morgan fingerprint density at radius 2 is 1.09 bits per heavy atom. The van der Waals surface area contributed by atoms with Crippen molar-refractivity contribution in [2.75, 3.05) is 0 Å². The summed E-state index contributed by atoms with van der Waals surface area (Å²) in [6, 6.07) is 49.3. The number of hydrogen-bond acceptors (Lipinski definition) is 6. The van der Waals surface area contributed by atoms with Gasteiger partial charge in [0, 0.05) is 27.5 Å². The lowest BCUT2D eigenvalue weighted by molar-refractivity contribution is 0.670. The summed E-state index contributed by atoms with van der Waals surface area (Å²) >= 11 is 1.67. The van der Waals surface area contributed by atoms with Crippen LogP contribution in [-0.4, -0.2) is 19.9 Å². The van der Waals surface area contributed by atoms with Crippen molar-refractivity contribution in [3.8, 4) is 55.9 Å². The fraction of sp³-hybridized carbons (Fsp3) is 0. The van der Waals surface area contributed by atoms with E-state index in [2.05, 4.69) is 78.9 Å². The maximum absolute atomic E-state index is 6.59. The molecule has 0 atom stereocenters. The molecule has 46 heavy (non-hydrogen) atoms. The fourth-order valence-electron chi connectivity index (χ4n) is 6.00. The third-order valence-electron chi connectivity index (χ3n) is 8.18. The van der Waals surface area contributed by atoms with Crippen LogP contribution < -0.4 is 0 Å². The Bertz CT molecular complexity index is 2500. The summed E-state index contributed by atoms with van der Waals surface area (Å²) in [4.78, 5) is 20.1. The van der Waals surface area contributed by atoms with Crippen molar-refractivity contribution < 1.29 is 4.42 Å². The van der Waals surface area contributed by atoms with E-state index in [9.17, 15) is 0 Å². The lowest BCUT2D eigenvalue weighted by Gasteiger charge is -2.10. The van der Waals surface area contributed by atoms with Gasteiger partial charge >= 0.3 is 0 Å². The average Bonchev–Trinajstić information content (AvgIpc) is 3.74. The van der Waals surface area contributed by atoms with Crippen LogP contribution in [0.15, 0.2) is 150 Å². The van der Waals surface area contributed by atoms with Crippen LogP contribution in [0.2, 0.25) is 0 Å². The number of para-hydroxylation sites is 2. The van der Waals surface area contributed by atoms with Gasteiger partial charge in [0.2, 0.25) is 0 Å². The van der Waals surface area contributed by atoms with Crippen molar-refractivity contribution in [2.45, 2.75) is 0 Å². The molecular weight excluding hydrogens is 585 g/mol. The molecule has 0 amide bonds. The van der Waals surface area contributed by atoms with E-state index in [1.165, 1.54) is 0 Å². The molecule has 5 nitrogen and oxygen atoms in total. The molecule has 3 heterocycles. The predicted molar refractivity (Wildman–Crippen MR) is 187 cm³/mol. The van der Waals surface area contributed by atoms with Crippen LogP contribution in [0.1, 0.15) is 0 Å². The summed E-state index contributed by atoms with van der Waals surface area (Å²) in [6.07, 6.45) is 0. The molecule has 0 aliphatic carbocycles. The van der Waals surface area contributed by atoms with Crippen LogP contribution in [-0.2, 0) is 0 Å². The van der Waals surface area contributed by atoms with Gasteiger partial charge < -0.3 is 4.42 Å². The van der Waals surface area contributed by atoms with Gasteiger partial charge in [0.05, 0.1) is 15.8 Å². The first-order valence-electron chi connectivity index (χ1n) is 15.1. The summed E-state index contributed by atoms with van der Waals surface area (Å²) < 4.78 is 7.73. The number of thiazole rings is 1. The van der Waals surface area contributed by atoms with Crippen molar-refractivity contribution in [1.29, 1.82) is 0 Å². The average molecular weight is 609 g/mol. The van der Waals surface area contributed by atoms with Crippen LogP contribution >= 0.6 is 11.3 Å². The van der Waals surface area contributed by atoms with E-state index in [-0.39, 0.29) is 0 Å². The molecule has 0 saturated carbocycles. The number of furan rings is 1. The highest BCUT2D eigenvalue weighted by atomic mass is 32.1. The fourth-order valence-corrected chi connectivity index (χ4v) is 6.99. The number of nitrogens with zero attached hydrogens (tertiary/aromatic N) is 4. The topological polar surface area (TPSA) is 64.7 Å². The van der Waals surface area contributed by atoms with Gasteiger partial charge in [0.25, 0.3) is 0 Å². The molecule has 0 N–H and O–H groups in total. The highest BCUT2D eigenvalue weighted by Crippen LogP contribution is 2.42. The van der Waals surface area contributed by atoms with E-state index in [4.69, 9.17) is 24.4 Å². The molecule has 216 valence electrons. The monoisotopic (exact) mass is 608 g/mol. The molecule has 0 aliphatic heterocycles. The van der Waals surface area contributed by atoms with Crippen LogP contribution in [0, 0.1) is 0 Å². The van der Waals surface area contributed by atoms with Crippen LogP contribution in [0.5, 0.6) is 0 Å². The molecular formula is C40H24N4OS. The number of fused-ring (bicyclic) bond motifs is 4. The van der Waals surface area contributed by atoms with Gasteiger partial charge in [0.1, 0.15) is 16.2 Å². The van der Waals surface area contributed by atoms with Gasteiger partial charge in [-0.1, -0.05) is 115 Å². The van der Waals surface area contributed by atoms with Gasteiger partial charge in [-0.2, -0.15) is 0 Å². The minimum atomic E-state index is 0.590. The van der Waals surface area contributed by atoms with Crippen molar-refractivity contribution in [3.63, 3.8) is 0 Å². The van der Waals surface area contributed by atoms with E-state index >= 15 is 0 Å². The number of hydrogen-bond donors (Lipinski definition) is 0. The smallest absolute Gasteiger partial charge is 0.164 e. The number of aromatic nitrogens is 4. The van der Waals surface area contributed by atoms with Gasteiger partial charge in [0.15, 0.2) is 17.5 Å². The zero-order valence-electron chi connectivity index (χ0n) is 24.5. The van der Waals surface area contributed by atoms with E-state index in [0.29, 0.717) is 17.5 Å². The summed E-state index contributed by atoms with van der Waals surface area (Å²) in [5, 5.41) is 2.89. The zero-order valence-corrected chi connectivity index (χ0v) is 25.3. The molecule has 9 aromatic rings. The summed E-state index contributed by atoms with van der Waals surface area (Å²) in [6.45, 7) is 0. The van der Waals surface area contributed by atoms with Crippen molar-refractivity contribution in [3.05, 3.63) is 146 Å². The third-order valence-corrected chi connectivity index (χ3v) is 9.25. The SMILES string of the molecule is c1ccc(-c2cccc(-c3nc(-c4ccccc4)nc(-c4cccc5oc6c(-c7nc8ccccc8s7)cccc6c45)n3)c2)cc1. The Balaban J connectivity index is 1.25. The molecule has 0 fully saturated rings. The number of rotatable bonds is 5. The molecule has 3 aromatic heterocycles. The molecule has 0 radical (unpaired) electrons. The molecule has 6 heteroatoms. The van der Waals surface area contributed by atoms with Crippen molar-refractivity contribution in [2.24, 2.45) is 0 Å². The predicted octanol–water partition coefficient (Wildman–Crippen LogP) is 10.7. The first-order valence-corrected chi connectivity index (χ1v) is 15.9. The molecule has 0 unspecified atom stereocenters. The Kier molecular flexibility index (Phi) is 6.25. The van der Waals surface area contributed by atoms with Gasteiger partial charge in [-0.25, -0.2) is 19.9 Å². The standard InChI is InChI=1S/C40H24N4OS/c1-3-12-25(13-4-1)27-16-9-17-28(24-27)38-42-37(26-14-5-2-6-15-26)43-39(44-38)30-19-11-22-33-35(30)29-18-10-20-31(36(29)45-33)40-41-32-21-7-8-23-34(32)46-40/h1-24H. The van der Waals surface area contributed by atoms with E-state index in [0.717, 1.165) is 70.5 Å². The molecule has 0 bridgehead atoms. The van der Waals surface area contributed by atoms with E-state index < -0.39 is 0 Å². The Labute approximate surface area is 268 Å². The first-order chi connectivity index (χ1) is 22.8. The Morgan fingerprint density at radius 1 is 0.457 bits per heavy atom. The maximum atomic E-state index is 6.59. The summed E-state index contributed by atoms with van der Waals surface area (Å²) in [7, 11) is 0. The minimum absolute atomic E-state index is 0.590. The molecule has 0 aliphatic rings. The van der Waals surface area contributed by atoms with Crippen LogP contribution in [0.25, 0.3) is 88.0 Å².